The van der Waals surface area contributed by atoms with Crippen LogP contribution in [0.5, 0.6) is 5.75 Å². The number of carbonyl (C=O) groups is 1. The molecule has 0 saturated heterocycles. The monoisotopic (exact) mass is 386 g/mol. The minimum atomic E-state index is -0.871. The third-order valence-corrected chi connectivity index (χ3v) is 3.66. The zero-order valence-electron chi connectivity index (χ0n) is 12.5. The van der Waals surface area contributed by atoms with Crippen molar-refractivity contribution in [3.8, 4) is 5.75 Å². The average molecular weight is 387 g/mol. The largest absolute Gasteiger partial charge is 0.479 e. The lowest BCUT2D eigenvalue weighted by Crippen LogP contribution is -2.42. The Bertz CT molecular complexity index is 773. The first-order valence-electron chi connectivity index (χ1n) is 6.85. The maximum absolute atomic E-state index is 13.5. The fourth-order valence-electron chi connectivity index (χ4n) is 1.74. The van der Waals surface area contributed by atoms with Gasteiger partial charge in [-0.05, 0) is 49.5 Å². The third-order valence-electron chi connectivity index (χ3n) is 2.93. The van der Waals surface area contributed by atoms with Crippen molar-refractivity contribution in [2.75, 3.05) is 5.32 Å². The number of nitrogens with one attached hydrogen (secondary N) is 2. The van der Waals surface area contributed by atoms with Crippen molar-refractivity contribution in [2.24, 2.45) is 0 Å². The highest BCUT2D eigenvalue weighted by Crippen LogP contribution is 2.28. The molecule has 0 bridgehead atoms. The smallest absolute Gasteiger partial charge is 0.266 e. The van der Waals surface area contributed by atoms with E-state index in [1.54, 1.807) is 24.3 Å². The van der Waals surface area contributed by atoms with E-state index >= 15 is 0 Å². The number of thiocarbonyl (C=S) groups is 1. The second-order valence-corrected chi connectivity index (χ2v) is 6.01. The molecule has 0 aromatic heterocycles. The standard InChI is InChI=1S/C16H13Cl2FN2O2S/c1-9(23-14-7-6-10(17)8-11(14)18)15(22)21-16(24)20-13-5-3-2-4-12(13)19/h2-9H,1H3,(H2,20,21,22,24)/t9-/m1/s1. The minimum absolute atomic E-state index is 0.0391. The Kier molecular flexibility index (Phi) is 6.36. The second kappa shape index (κ2) is 8.28. The number of benzene rings is 2. The molecule has 24 heavy (non-hydrogen) atoms. The van der Waals surface area contributed by atoms with Crippen LogP contribution in [-0.4, -0.2) is 17.1 Å². The molecule has 1 amide bonds. The molecule has 2 aromatic rings. The van der Waals surface area contributed by atoms with Crippen LogP contribution < -0.4 is 15.4 Å². The number of hydrogen-bond donors (Lipinski definition) is 2. The van der Waals surface area contributed by atoms with Gasteiger partial charge in [-0.25, -0.2) is 4.39 Å². The van der Waals surface area contributed by atoms with Crippen LogP contribution in [0.25, 0.3) is 0 Å². The summed E-state index contributed by atoms with van der Waals surface area (Å²) < 4.78 is 19.0. The quantitative estimate of drug-likeness (QED) is 0.763. The van der Waals surface area contributed by atoms with E-state index in [0.29, 0.717) is 10.8 Å². The molecule has 0 fully saturated rings. The van der Waals surface area contributed by atoms with Crippen LogP contribution in [0.3, 0.4) is 0 Å². The van der Waals surface area contributed by atoms with E-state index < -0.39 is 17.8 Å². The molecule has 126 valence electrons. The van der Waals surface area contributed by atoms with Gasteiger partial charge >= 0.3 is 0 Å². The SMILES string of the molecule is C[C@@H](Oc1ccc(Cl)cc1Cl)C(=O)NC(=S)Nc1ccccc1F. The van der Waals surface area contributed by atoms with E-state index in [4.69, 9.17) is 40.2 Å². The third kappa shape index (κ3) is 5.06. The van der Waals surface area contributed by atoms with Crippen LogP contribution in [0.4, 0.5) is 10.1 Å². The average Bonchev–Trinajstić information content (AvgIpc) is 2.52. The Hall–Kier alpha value is -1.89. The molecule has 0 aliphatic rings. The number of para-hydroxylation sites is 1. The lowest BCUT2D eigenvalue weighted by atomic mass is 10.3. The van der Waals surface area contributed by atoms with Gasteiger partial charge in [-0.2, -0.15) is 0 Å². The van der Waals surface area contributed by atoms with Gasteiger partial charge in [-0.1, -0.05) is 35.3 Å². The van der Waals surface area contributed by atoms with Crippen LogP contribution in [0.15, 0.2) is 42.5 Å². The zero-order valence-corrected chi connectivity index (χ0v) is 14.8. The van der Waals surface area contributed by atoms with E-state index in [-0.39, 0.29) is 15.8 Å². The summed E-state index contributed by atoms with van der Waals surface area (Å²) in [6.07, 6.45) is -0.871. The fourth-order valence-corrected chi connectivity index (χ4v) is 2.41. The maximum Gasteiger partial charge on any atom is 0.266 e. The number of carbonyl (C=O) groups excluding carboxylic acids is 1. The molecule has 0 heterocycles. The van der Waals surface area contributed by atoms with Gasteiger partial charge in [-0.15, -0.1) is 0 Å². The summed E-state index contributed by atoms with van der Waals surface area (Å²) in [6.45, 7) is 1.53. The predicted molar refractivity (Wildman–Crippen MR) is 97.3 cm³/mol. The molecular weight excluding hydrogens is 374 g/mol. The van der Waals surface area contributed by atoms with E-state index in [0.717, 1.165) is 0 Å². The van der Waals surface area contributed by atoms with E-state index in [2.05, 4.69) is 10.6 Å². The van der Waals surface area contributed by atoms with Crippen molar-refractivity contribution >= 4 is 52.1 Å². The molecule has 1 atom stereocenters. The Balaban J connectivity index is 1.93. The molecule has 0 spiro atoms. The van der Waals surface area contributed by atoms with Gasteiger partial charge in [0.15, 0.2) is 11.2 Å². The van der Waals surface area contributed by atoms with Crippen LogP contribution >= 0.6 is 35.4 Å². The normalized spacial score (nSPS) is 11.5. The molecular formula is C16H13Cl2FN2O2S. The highest BCUT2D eigenvalue weighted by molar-refractivity contribution is 7.80. The van der Waals surface area contributed by atoms with Gasteiger partial charge in [0.2, 0.25) is 0 Å². The second-order valence-electron chi connectivity index (χ2n) is 4.76. The van der Waals surface area contributed by atoms with Crippen molar-refractivity contribution in [1.29, 1.82) is 0 Å². The van der Waals surface area contributed by atoms with Gasteiger partial charge in [0.05, 0.1) is 10.7 Å². The Morgan fingerprint density at radius 3 is 2.62 bits per heavy atom. The molecule has 8 heteroatoms. The van der Waals surface area contributed by atoms with Gasteiger partial charge < -0.3 is 10.1 Å². The Morgan fingerprint density at radius 1 is 1.25 bits per heavy atom. The molecule has 2 rings (SSSR count). The maximum atomic E-state index is 13.5. The number of halogens is 3. The molecule has 4 nitrogen and oxygen atoms in total. The topological polar surface area (TPSA) is 50.4 Å². The van der Waals surface area contributed by atoms with Crippen molar-refractivity contribution in [3.63, 3.8) is 0 Å². The Morgan fingerprint density at radius 2 is 1.96 bits per heavy atom. The first-order valence-corrected chi connectivity index (χ1v) is 8.01. The molecule has 2 N–H and O–H groups in total. The highest BCUT2D eigenvalue weighted by atomic mass is 35.5. The molecule has 0 aliphatic carbocycles. The first-order chi connectivity index (χ1) is 11.4. The highest BCUT2D eigenvalue weighted by Gasteiger charge is 2.18. The van der Waals surface area contributed by atoms with Crippen molar-refractivity contribution in [3.05, 3.63) is 58.3 Å². The molecule has 0 unspecified atom stereocenters. The van der Waals surface area contributed by atoms with Crippen molar-refractivity contribution in [1.82, 2.24) is 5.32 Å². The van der Waals surface area contributed by atoms with Gasteiger partial charge in [0.1, 0.15) is 11.6 Å². The summed E-state index contributed by atoms with van der Waals surface area (Å²) in [5, 5.41) is 5.74. The lowest BCUT2D eigenvalue weighted by Gasteiger charge is -2.16. The number of ether oxygens (including phenoxy) is 1. The molecule has 0 aliphatic heterocycles. The number of anilines is 1. The van der Waals surface area contributed by atoms with Crippen LogP contribution in [0, 0.1) is 5.82 Å². The Labute approximate surface area is 153 Å². The van der Waals surface area contributed by atoms with E-state index in [1.165, 1.54) is 25.1 Å². The summed E-state index contributed by atoms with van der Waals surface area (Å²) in [7, 11) is 0. The van der Waals surface area contributed by atoms with Crippen molar-refractivity contribution < 1.29 is 13.9 Å². The summed E-state index contributed by atoms with van der Waals surface area (Å²) in [6, 6.07) is 10.6. The summed E-state index contributed by atoms with van der Waals surface area (Å²) in [5.74, 6) is -0.669. The van der Waals surface area contributed by atoms with Crippen LogP contribution in [0.2, 0.25) is 10.0 Å². The summed E-state index contributed by atoms with van der Waals surface area (Å²) in [5.41, 5.74) is 0.164. The summed E-state index contributed by atoms with van der Waals surface area (Å²) >= 11 is 16.8. The van der Waals surface area contributed by atoms with E-state index in [1.807, 2.05) is 0 Å². The first kappa shape index (κ1) is 18.4. The lowest BCUT2D eigenvalue weighted by molar-refractivity contribution is -0.125. The van der Waals surface area contributed by atoms with Gasteiger partial charge in [-0.3, -0.25) is 10.1 Å². The zero-order chi connectivity index (χ0) is 17.7. The fraction of sp³-hybridized carbons (Fsp3) is 0.125. The van der Waals surface area contributed by atoms with Gasteiger partial charge in [0.25, 0.3) is 5.91 Å². The van der Waals surface area contributed by atoms with Crippen LogP contribution in [-0.2, 0) is 4.79 Å². The van der Waals surface area contributed by atoms with E-state index in [9.17, 15) is 9.18 Å². The van der Waals surface area contributed by atoms with Crippen LogP contribution in [0.1, 0.15) is 6.92 Å². The molecule has 0 saturated carbocycles. The van der Waals surface area contributed by atoms with Gasteiger partial charge in [0, 0.05) is 5.02 Å². The number of rotatable bonds is 4. The summed E-state index contributed by atoms with van der Waals surface area (Å²) in [4.78, 5) is 12.1. The predicted octanol–water partition coefficient (Wildman–Crippen LogP) is 4.41. The molecule has 2 aromatic carbocycles. The minimum Gasteiger partial charge on any atom is -0.479 e. The van der Waals surface area contributed by atoms with Crippen molar-refractivity contribution in [2.45, 2.75) is 13.0 Å². The number of amides is 1. The molecule has 0 radical (unpaired) electrons. The number of hydrogen-bond acceptors (Lipinski definition) is 3.